The number of phosphoric ester groups is 1. The second kappa shape index (κ2) is 51.4. The SMILES string of the molecule is CCCCCCC/C=C\C/C=C\C/C=C\CCCCCCCCCCCCCCC(=O)NC(COP(=O)([O-])OCC[N+](C)(C)C)C(O)/C=C/CCCCCCCCCCCCCCCCCCCC. The number of unbranched alkanes of at least 4 members (excludes halogenated alkanes) is 35. The topological polar surface area (TPSA) is 108 Å². The molecule has 69 heavy (non-hydrogen) atoms. The predicted octanol–water partition coefficient (Wildman–Crippen LogP) is 17.3. The molecule has 0 bridgehead atoms. The van der Waals surface area contributed by atoms with Crippen LogP contribution in [0.15, 0.2) is 48.6 Å². The fraction of sp³-hybridized carbons (Fsp3) is 0.850. The summed E-state index contributed by atoms with van der Waals surface area (Å²) in [7, 11) is 1.26. The van der Waals surface area contributed by atoms with Gasteiger partial charge in [-0.1, -0.05) is 262 Å². The summed E-state index contributed by atoms with van der Waals surface area (Å²) in [5, 5.41) is 13.9. The van der Waals surface area contributed by atoms with Gasteiger partial charge < -0.3 is 28.8 Å². The number of rotatable bonds is 54. The number of carbonyl (C=O) groups is 1. The average Bonchev–Trinajstić information content (AvgIpc) is 3.31. The Hall–Kier alpha value is -1.54. The summed E-state index contributed by atoms with van der Waals surface area (Å²) in [5.74, 6) is -0.197. The molecule has 0 aliphatic carbocycles. The van der Waals surface area contributed by atoms with Gasteiger partial charge >= 0.3 is 0 Å². The molecule has 0 saturated heterocycles. The normalized spacial score (nSPS) is 14.2. The Kier molecular flexibility index (Phi) is 50.2. The molecule has 0 heterocycles. The maximum absolute atomic E-state index is 13.0. The van der Waals surface area contributed by atoms with Gasteiger partial charge in [-0.05, 0) is 57.8 Å². The smallest absolute Gasteiger partial charge is 0.268 e. The fourth-order valence-corrected chi connectivity index (χ4v) is 9.36. The Labute approximate surface area is 429 Å². The molecule has 0 aliphatic rings. The number of nitrogens with one attached hydrogen (secondary N) is 1. The number of amides is 1. The van der Waals surface area contributed by atoms with Gasteiger partial charge in [0.15, 0.2) is 0 Å². The van der Waals surface area contributed by atoms with Crippen LogP contribution in [0.1, 0.15) is 277 Å². The first kappa shape index (κ1) is 67.5. The largest absolute Gasteiger partial charge is 0.756 e. The lowest BCUT2D eigenvalue weighted by Gasteiger charge is -2.29. The molecule has 0 aromatic rings. The van der Waals surface area contributed by atoms with Crippen LogP contribution >= 0.6 is 7.82 Å². The minimum Gasteiger partial charge on any atom is -0.756 e. The maximum Gasteiger partial charge on any atom is 0.268 e. The molecule has 0 aromatic heterocycles. The van der Waals surface area contributed by atoms with Crippen molar-refractivity contribution in [2.24, 2.45) is 0 Å². The van der Waals surface area contributed by atoms with E-state index in [4.69, 9.17) is 9.05 Å². The van der Waals surface area contributed by atoms with Gasteiger partial charge in [0.05, 0.1) is 39.9 Å². The minimum absolute atomic E-state index is 0.00162. The number of allylic oxidation sites excluding steroid dienone is 7. The number of hydrogen-bond acceptors (Lipinski definition) is 6. The molecule has 406 valence electrons. The highest BCUT2D eigenvalue weighted by Crippen LogP contribution is 2.38. The molecule has 9 heteroatoms. The first-order valence-corrected chi connectivity index (χ1v) is 31.0. The molecule has 0 radical (unpaired) electrons. The lowest BCUT2D eigenvalue weighted by molar-refractivity contribution is -0.870. The Morgan fingerprint density at radius 1 is 0.507 bits per heavy atom. The van der Waals surface area contributed by atoms with E-state index in [1.807, 2.05) is 27.2 Å². The van der Waals surface area contributed by atoms with E-state index in [1.165, 1.54) is 205 Å². The Balaban J connectivity index is 4.19. The van der Waals surface area contributed by atoms with Crippen molar-refractivity contribution in [3.05, 3.63) is 48.6 Å². The number of aliphatic hydroxyl groups is 1. The van der Waals surface area contributed by atoms with Gasteiger partial charge in [0.2, 0.25) is 5.91 Å². The van der Waals surface area contributed by atoms with E-state index in [0.717, 1.165) is 51.4 Å². The first-order valence-electron chi connectivity index (χ1n) is 29.5. The predicted molar refractivity (Wildman–Crippen MR) is 298 cm³/mol. The summed E-state index contributed by atoms with van der Waals surface area (Å²) >= 11 is 0. The number of phosphoric acid groups is 1. The summed E-state index contributed by atoms with van der Waals surface area (Å²) in [5.41, 5.74) is 0. The zero-order valence-electron chi connectivity index (χ0n) is 46.3. The van der Waals surface area contributed by atoms with Crippen molar-refractivity contribution in [3.8, 4) is 0 Å². The average molecular weight is 992 g/mol. The van der Waals surface area contributed by atoms with Gasteiger partial charge in [0.1, 0.15) is 13.2 Å². The highest BCUT2D eigenvalue weighted by atomic mass is 31.2. The van der Waals surface area contributed by atoms with Gasteiger partial charge in [-0.2, -0.15) is 0 Å². The number of quaternary nitrogens is 1. The lowest BCUT2D eigenvalue weighted by Crippen LogP contribution is -2.45. The minimum atomic E-state index is -4.60. The third-order valence-corrected chi connectivity index (χ3v) is 14.2. The highest BCUT2D eigenvalue weighted by Gasteiger charge is 2.23. The van der Waals surface area contributed by atoms with Gasteiger partial charge in [-0.3, -0.25) is 9.36 Å². The quantitative estimate of drug-likeness (QED) is 0.0272. The van der Waals surface area contributed by atoms with E-state index in [2.05, 4.69) is 55.6 Å². The van der Waals surface area contributed by atoms with Crippen LogP contribution in [0.2, 0.25) is 0 Å². The van der Waals surface area contributed by atoms with Crippen molar-refractivity contribution in [1.82, 2.24) is 5.32 Å². The summed E-state index contributed by atoms with van der Waals surface area (Å²) < 4.78 is 23.4. The fourth-order valence-electron chi connectivity index (χ4n) is 8.63. The van der Waals surface area contributed by atoms with E-state index in [-0.39, 0.29) is 19.1 Å². The van der Waals surface area contributed by atoms with Crippen LogP contribution in [0.4, 0.5) is 0 Å². The van der Waals surface area contributed by atoms with Crippen molar-refractivity contribution >= 4 is 13.7 Å². The summed E-state index contributed by atoms with van der Waals surface area (Å²) in [6.45, 7) is 4.67. The number of hydrogen-bond donors (Lipinski definition) is 2. The van der Waals surface area contributed by atoms with Crippen LogP contribution in [0.25, 0.3) is 0 Å². The Bertz CT molecular complexity index is 1260. The number of nitrogens with zero attached hydrogens (tertiary/aromatic N) is 1. The van der Waals surface area contributed by atoms with Crippen molar-refractivity contribution in [2.75, 3.05) is 40.9 Å². The van der Waals surface area contributed by atoms with Crippen molar-refractivity contribution in [2.45, 2.75) is 289 Å². The number of likely N-dealkylation sites (N-methyl/N-ethyl adjacent to an activating group) is 1. The molecule has 0 rings (SSSR count). The summed E-state index contributed by atoms with van der Waals surface area (Å²) in [6.07, 6.45) is 67.5. The zero-order chi connectivity index (χ0) is 50.6. The second-order valence-corrected chi connectivity index (χ2v) is 22.8. The van der Waals surface area contributed by atoms with E-state index in [1.54, 1.807) is 6.08 Å². The lowest BCUT2D eigenvalue weighted by atomic mass is 10.0. The van der Waals surface area contributed by atoms with Crippen LogP contribution in [0.3, 0.4) is 0 Å². The van der Waals surface area contributed by atoms with Gasteiger partial charge in [-0.25, -0.2) is 0 Å². The molecule has 2 N–H and O–H groups in total. The maximum atomic E-state index is 13.0. The van der Waals surface area contributed by atoms with Crippen LogP contribution < -0.4 is 10.2 Å². The van der Waals surface area contributed by atoms with Gasteiger partial charge in [0, 0.05) is 6.42 Å². The first-order chi connectivity index (χ1) is 33.5. The van der Waals surface area contributed by atoms with Crippen molar-refractivity contribution < 1.29 is 32.9 Å². The van der Waals surface area contributed by atoms with Gasteiger partial charge in [0.25, 0.3) is 7.82 Å². The Morgan fingerprint density at radius 3 is 1.22 bits per heavy atom. The molecule has 3 unspecified atom stereocenters. The summed E-state index contributed by atoms with van der Waals surface area (Å²) in [4.78, 5) is 25.5. The molecular formula is C60H115N2O6P. The molecule has 3 atom stereocenters. The highest BCUT2D eigenvalue weighted by molar-refractivity contribution is 7.45. The molecule has 1 amide bonds. The monoisotopic (exact) mass is 991 g/mol. The number of aliphatic hydroxyl groups excluding tert-OH is 1. The molecular weight excluding hydrogens is 876 g/mol. The number of carbonyl (C=O) groups excluding carboxylic acids is 1. The molecule has 0 aliphatic heterocycles. The zero-order valence-corrected chi connectivity index (χ0v) is 47.2. The Morgan fingerprint density at radius 2 is 0.841 bits per heavy atom. The van der Waals surface area contributed by atoms with E-state index < -0.39 is 20.0 Å². The van der Waals surface area contributed by atoms with Crippen LogP contribution in [0.5, 0.6) is 0 Å². The standard InChI is InChI=1S/C60H115N2O6P/c1-6-8-10-12-14-16-18-20-22-24-26-28-29-30-31-32-33-34-36-38-40-42-44-46-48-50-52-54-60(64)61-58(57-68-69(65,66)67-56-55-62(3,4)5)59(63)53-51-49-47-45-43-41-39-37-35-27-25-23-21-19-17-15-13-11-9-7-2/h18,20,24,26,29-30,51,53,58-59,63H,6-17,19,21-23,25,27-28,31-50,52,54-57H2,1-5H3,(H-,61,64,65,66)/b20-18-,26-24-,30-29-,53-51+. The van der Waals surface area contributed by atoms with E-state index in [9.17, 15) is 19.4 Å². The second-order valence-electron chi connectivity index (χ2n) is 21.4. The van der Waals surface area contributed by atoms with Crippen molar-refractivity contribution in [3.63, 3.8) is 0 Å². The van der Waals surface area contributed by atoms with Crippen LogP contribution in [-0.4, -0.2) is 68.5 Å². The van der Waals surface area contributed by atoms with Crippen LogP contribution in [-0.2, 0) is 18.4 Å². The van der Waals surface area contributed by atoms with Crippen LogP contribution in [0, 0.1) is 0 Å². The molecule has 0 spiro atoms. The summed E-state index contributed by atoms with van der Waals surface area (Å²) in [6, 6.07) is -0.889. The molecule has 0 saturated carbocycles. The third kappa shape index (κ3) is 54.1. The molecule has 0 fully saturated rings. The third-order valence-electron chi connectivity index (χ3n) is 13.3. The molecule has 0 aromatic carbocycles. The van der Waals surface area contributed by atoms with Crippen molar-refractivity contribution in [1.29, 1.82) is 0 Å². The van der Waals surface area contributed by atoms with Gasteiger partial charge in [-0.15, -0.1) is 0 Å². The van der Waals surface area contributed by atoms with E-state index in [0.29, 0.717) is 17.4 Å². The molecule has 8 nitrogen and oxygen atoms in total. The van der Waals surface area contributed by atoms with E-state index >= 15 is 0 Å².